The van der Waals surface area contributed by atoms with Gasteiger partial charge in [-0.2, -0.15) is 0 Å². The summed E-state index contributed by atoms with van der Waals surface area (Å²) in [5.74, 6) is 2.62. The van der Waals surface area contributed by atoms with Gasteiger partial charge in [0.05, 0.1) is 6.10 Å². The third-order valence-electron chi connectivity index (χ3n) is 8.23. The Bertz CT molecular complexity index is 940. The van der Waals surface area contributed by atoms with E-state index in [0.717, 1.165) is 42.9 Å². The van der Waals surface area contributed by atoms with Crippen LogP contribution in [0.15, 0.2) is 48.5 Å². The van der Waals surface area contributed by atoms with Crippen molar-refractivity contribution in [3.8, 4) is 5.75 Å². The smallest absolute Gasteiger partial charge is 0.344 e. The molecule has 35 heavy (non-hydrogen) atoms. The number of esters is 1. The molecule has 4 nitrogen and oxygen atoms in total. The number of hydrogen-bond acceptors (Lipinski definition) is 4. The number of hydrogen-bond donors (Lipinski definition) is 1. The van der Waals surface area contributed by atoms with Crippen LogP contribution in [0.2, 0.25) is 0 Å². The van der Waals surface area contributed by atoms with E-state index in [1.54, 1.807) is 0 Å². The molecule has 2 aromatic rings. The van der Waals surface area contributed by atoms with Gasteiger partial charge >= 0.3 is 5.97 Å². The second-order valence-electron chi connectivity index (χ2n) is 10.8. The van der Waals surface area contributed by atoms with Crippen molar-refractivity contribution in [2.24, 2.45) is 23.7 Å². The number of ether oxygens (including phenoxy) is 2. The minimum Gasteiger partial charge on any atom is -0.482 e. The Morgan fingerprint density at radius 2 is 1.89 bits per heavy atom. The molecule has 1 N–H and O–H groups in total. The third kappa shape index (κ3) is 6.88. The molecule has 0 spiro atoms. The predicted molar refractivity (Wildman–Crippen MR) is 139 cm³/mol. The fourth-order valence-corrected chi connectivity index (χ4v) is 6.22. The van der Waals surface area contributed by atoms with Gasteiger partial charge in [0.2, 0.25) is 0 Å². The summed E-state index contributed by atoms with van der Waals surface area (Å²) in [4.78, 5) is 12.3. The average molecular weight is 479 g/mol. The maximum atomic E-state index is 12.3. The van der Waals surface area contributed by atoms with E-state index in [4.69, 9.17) is 9.47 Å². The van der Waals surface area contributed by atoms with Gasteiger partial charge in [0.25, 0.3) is 0 Å². The molecule has 0 heterocycles. The minimum atomic E-state index is -0.357. The molecule has 5 atom stereocenters. The van der Waals surface area contributed by atoms with Crippen LogP contribution in [0.5, 0.6) is 5.75 Å². The SMILES string of the molecule is CCCCC[C@@H](C)CC[C@H]1[C@@H]2Cc3cccc(OCC(=O)OCc4ccccc4)c3C[C@@H]2C[C@@H]1O. The Kier molecular flexibility index (Phi) is 9.25. The zero-order valence-corrected chi connectivity index (χ0v) is 21.5. The van der Waals surface area contributed by atoms with Crippen molar-refractivity contribution in [1.82, 2.24) is 0 Å². The molecular formula is C31H42O4. The van der Waals surface area contributed by atoms with E-state index < -0.39 is 0 Å². The van der Waals surface area contributed by atoms with Crippen LogP contribution in [0.3, 0.4) is 0 Å². The zero-order valence-electron chi connectivity index (χ0n) is 21.5. The van der Waals surface area contributed by atoms with Gasteiger partial charge in [-0.3, -0.25) is 0 Å². The van der Waals surface area contributed by atoms with Crippen molar-refractivity contribution in [3.63, 3.8) is 0 Å². The molecule has 4 rings (SSSR count). The summed E-state index contributed by atoms with van der Waals surface area (Å²) in [6.45, 7) is 4.81. The molecule has 2 aliphatic rings. The lowest BCUT2D eigenvalue weighted by Crippen LogP contribution is -2.27. The fraction of sp³-hybridized carbons (Fsp3) is 0.581. The van der Waals surface area contributed by atoms with Crippen LogP contribution >= 0.6 is 0 Å². The van der Waals surface area contributed by atoms with Crippen molar-refractivity contribution in [2.45, 2.75) is 84.3 Å². The number of aliphatic hydroxyl groups is 1. The van der Waals surface area contributed by atoms with Crippen molar-refractivity contribution < 1.29 is 19.4 Å². The van der Waals surface area contributed by atoms with Gasteiger partial charge in [-0.15, -0.1) is 0 Å². The molecule has 0 unspecified atom stereocenters. The molecule has 1 saturated carbocycles. The molecule has 0 amide bonds. The molecular weight excluding hydrogens is 436 g/mol. The van der Waals surface area contributed by atoms with Gasteiger partial charge in [-0.05, 0) is 72.1 Å². The number of rotatable bonds is 12. The summed E-state index contributed by atoms with van der Waals surface area (Å²) >= 11 is 0. The minimum absolute atomic E-state index is 0.0848. The molecule has 2 aliphatic carbocycles. The third-order valence-corrected chi connectivity index (χ3v) is 8.23. The van der Waals surface area contributed by atoms with Gasteiger partial charge < -0.3 is 14.6 Å². The molecule has 0 bridgehead atoms. The second-order valence-corrected chi connectivity index (χ2v) is 10.8. The largest absolute Gasteiger partial charge is 0.482 e. The number of aliphatic hydroxyl groups excluding tert-OH is 1. The summed E-state index contributed by atoms with van der Waals surface area (Å²) < 4.78 is 11.3. The zero-order chi connectivity index (χ0) is 24.6. The van der Waals surface area contributed by atoms with E-state index in [-0.39, 0.29) is 25.3 Å². The van der Waals surface area contributed by atoms with E-state index >= 15 is 0 Å². The Balaban J connectivity index is 1.31. The first kappa shape index (κ1) is 25.8. The quantitative estimate of drug-likeness (QED) is 0.279. The maximum absolute atomic E-state index is 12.3. The summed E-state index contributed by atoms with van der Waals surface area (Å²) in [6, 6.07) is 15.9. The standard InChI is InChI=1S/C31H42O4/c1-3-4-6-10-22(2)15-16-26-27-17-24-13-9-14-30(28(24)18-25(27)19-29(26)32)34-21-31(33)35-20-23-11-7-5-8-12-23/h5,7-9,11-14,22,25-27,29,32H,3-4,6,10,15-21H2,1-2H3/t22-,25-,26+,27-,29+/m1/s1. The lowest BCUT2D eigenvalue weighted by atomic mass is 9.73. The van der Waals surface area contributed by atoms with Crippen molar-refractivity contribution >= 4 is 5.97 Å². The number of carbonyl (C=O) groups is 1. The van der Waals surface area contributed by atoms with Gasteiger partial charge in [-0.25, -0.2) is 4.79 Å². The highest BCUT2D eigenvalue weighted by molar-refractivity contribution is 5.71. The summed E-state index contributed by atoms with van der Waals surface area (Å²) in [6.07, 6.45) is 10.2. The first-order valence-corrected chi connectivity index (χ1v) is 13.7. The monoisotopic (exact) mass is 478 g/mol. The summed E-state index contributed by atoms with van der Waals surface area (Å²) in [5.41, 5.74) is 3.50. The fourth-order valence-electron chi connectivity index (χ4n) is 6.22. The maximum Gasteiger partial charge on any atom is 0.344 e. The normalized spacial score (nSPS) is 23.9. The van der Waals surface area contributed by atoms with Crippen molar-refractivity contribution in [3.05, 3.63) is 65.2 Å². The molecule has 0 saturated heterocycles. The van der Waals surface area contributed by atoms with Gasteiger partial charge in [0.15, 0.2) is 6.61 Å². The van der Waals surface area contributed by atoms with Crippen LogP contribution in [-0.2, 0) is 29.0 Å². The first-order valence-electron chi connectivity index (χ1n) is 13.7. The van der Waals surface area contributed by atoms with Crippen molar-refractivity contribution in [2.75, 3.05) is 6.61 Å². The Labute approximate surface area is 211 Å². The summed E-state index contributed by atoms with van der Waals surface area (Å²) in [5, 5.41) is 10.9. The van der Waals surface area contributed by atoms with E-state index in [0.29, 0.717) is 17.8 Å². The van der Waals surface area contributed by atoms with Crippen LogP contribution in [0, 0.1) is 23.7 Å². The van der Waals surface area contributed by atoms with E-state index in [2.05, 4.69) is 19.9 Å². The Morgan fingerprint density at radius 1 is 1.06 bits per heavy atom. The van der Waals surface area contributed by atoms with Gasteiger partial charge in [0.1, 0.15) is 12.4 Å². The summed E-state index contributed by atoms with van der Waals surface area (Å²) in [7, 11) is 0. The lowest BCUT2D eigenvalue weighted by Gasteiger charge is -2.32. The number of fused-ring (bicyclic) bond motifs is 2. The van der Waals surface area contributed by atoms with E-state index in [1.165, 1.54) is 43.2 Å². The molecule has 0 radical (unpaired) electrons. The van der Waals surface area contributed by atoms with Crippen molar-refractivity contribution in [1.29, 1.82) is 0 Å². The van der Waals surface area contributed by atoms with Gasteiger partial charge in [-0.1, -0.05) is 88.4 Å². The molecule has 0 aliphatic heterocycles. The van der Waals surface area contributed by atoms with Crippen LogP contribution < -0.4 is 4.74 Å². The predicted octanol–water partition coefficient (Wildman–Crippen LogP) is 6.52. The number of carbonyl (C=O) groups excluding carboxylic acids is 1. The van der Waals surface area contributed by atoms with Crippen LogP contribution in [-0.4, -0.2) is 23.8 Å². The highest BCUT2D eigenvalue weighted by atomic mass is 16.6. The Hall–Kier alpha value is -2.33. The van der Waals surface area contributed by atoms with Gasteiger partial charge in [0, 0.05) is 0 Å². The van der Waals surface area contributed by atoms with E-state index in [1.807, 2.05) is 42.5 Å². The second kappa shape index (κ2) is 12.6. The van der Waals surface area contributed by atoms with E-state index in [9.17, 15) is 9.90 Å². The number of unbranched alkanes of at least 4 members (excludes halogenated alkanes) is 2. The molecule has 190 valence electrons. The van der Waals surface area contributed by atoms with Crippen LogP contribution in [0.25, 0.3) is 0 Å². The lowest BCUT2D eigenvalue weighted by molar-refractivity contribution is -0.147. The van der Waals surface area contributed by atoms with Crippen LogP contribution in [0.1, 0.15) is 75.5 Å². The average Bonchev–Trinajstić information content (AvgIpc) is 3.18. The first-order chi connectivity index (χ1) is 17.0. The molecule has 4 heteroatoms. The topological polar surface area (TPSA) is 55.8 Å². The molecule has 0 aromatic heterocycles. The number of benzene rings is 2. The Morgan fingerprint density at radius 3 is 2.69 bits per heavy atom. The molecule has 2 aromatic carbocycles. The molecule has 1 fully saturated rings. The highest BCUT2D eigenvalue weighted by Crippen LogP contribution is 2.48. The highest BCUT2D eigenvalue weighted by Gasteiger charge is 2.44. The van der Waals surface area contributed by atoms with Crippen LogP contribution in [0.4, 0.5) is 0 Å².